The Hall–Kier alpha value is 0.290. The molecule has 0 radical (unpaired) electrons. The number of hydrogen-bond acceptors (Lipinski definition) is 10. The van der Waals surface area contributed by atoms with Gasteiger partial charge in [0, 0.05) is 0 Å². The van der Waals surface area contributed by atoms with Gasteiger partial charge in [-0.15, -0.1) is 0 Å². The molecule has 0 aromatic heterocycles. The van der Waals surface area contributed by atoms with Gasteiger partial charge in [-0.1, -0.05) is 0 Å². The van der Waals surface area contributed by atoms with Crippen molar-refractivity contribution in [2.45, 2.75) is 26.4 Å². The molecule has 0 aliphatic heterocycles. The van der Waals surface area contributed by atoms with Crippen LogP contribution >= 0.6 is 23.5 Å². The monoisotopic (exact) mass is 417 g/mol. The van der Waals surface area contributed by atoms with Crippen molar-refractivity contribution in [2.24, 2.45) is 5.90 Å². The van der Waals surface area contributed by atoms with Crippen molar-refractivity contribution in [2.75, 3.05) is 26.4 Å². The van der Waals surface area contributed by atoms with E-state index in [1.165, 1.54) is 20.8 Å². The largest absolute Gasteiger partial charge is 0.488 e. The Bertz CT molecular complexity index is 519. The maximum atomic E-state index is 11.5. The van der Waals surface area contributed by atoms with Gasteiger partial charge in [0.05, 0.1) is 32.0 Å². The summed E-state index contributed by atoms with van der Waals surface area (Å²) in [5.41, 5.74) is -0.931. The molecular weight excluding hydrogens is 395 g/mol. The summed E-state index contributed by atoms with van der Waals surface area (Å²) in [5.74, 6) is 4.45. The fourth-order valence-electron chi connectivity index (χ4n) is 1.05. The van der Waals surface area contributed by atoms with Crippen molar-refractivity contribution >= 4 is 23.5 Å². The lowest BCUT2D eigenvalue weighted by Crippen LogP contribution is -2.18. The molecule has 0 saturated carbocycles. The summed E-state index contributed by atoms with van der Waals surface area (Å²) in [4.78, 5) is 27.4. The lowest BCUT2D eigenvalue weighted by molar-refractivity contribution is 0.0501. The van der Waals surface area contributed by atoms with Crippen molar-refractivity contribution in [1.82, 2.24) is 0 Å². The summed E-state index contributed by atoms with van der Waals surface area (Å²) in [6.07, 6.45) is 0. The molecule has 5 N–H and O–H groups in total. The maximum absolute atomic E-state index is 11.5. The topological polar surface area (TPSA) is 193 Å². The Balaban J connectivity index is 4.03. The minimum absolute atomic E-state index is 0.527. The molecule has 0 rings (SSSR count). The van der Waals surface area contributed by atoms with Crippen LogP contribution < -0.4 is 5.90 Å². The predicted octanol–water partition coefficient (Wildman–Crippen LogP) is 1.06. The Kier molecular flexibility index (Phi) is 9.96. The Morgan fingerprint density at radius 2 is 1.08 bits per heavy atom. The zero-order chi connectivity index (χ0) is 19.1. The Labute approximate surface area is 138 Å². The number of hydrogen-bond donors (Lipinski definition) is 4. The fraction of sp³-hybridized carbons (Fsp3) is 1.00. The third-order valence-corrected chi connectivity index (χ3v) is 4.79. The molecule has 0 fully saturated rings. The van der Waals surface area contributed by atoms with E-state index in [9.17, 15) is 23.5 Å². The zero-order valence-electron chi connectivity index (χ0n) is 13.3. The quantitative estimate of drug-likeness (QED) is 0.200. The highest BCUT2D eigenvalue weighted by atomic mass is 31.2. The van der Waals surface area contributed by atoms with E-state index in [0.29, 0.717) is 0 Å². The molecular formula is C8H22NO12P3. The standard InChI is InChI=1S/C8H22NO12P3/c1-8(2,3)20-23(12,13)18-6-4-16-22(10,11)17-5-7-19-24(14,15)21-9/h4-7,9H2,1-3H3,(H,10,11)(H,12,13)(H,14,15). The van der Waals surface area contributed by atoms with Crippen molar-refractivity contribution in [3.8, 4) is 0 Å². The van der Waals surface area contributed by atoms with Crippen LogP contribution in [-0.2, 0) is 40.9 Å². The molecule has 0 amide bonds. The average Bonchev–Trinajstić information content (AvgIpc) is 2.37. The van der Waals surface area contributed by atoms with Gasteiger partial charge in [-0.2, -0.15) is 0 Å². The second-order valence-electron chi connectivity index (χ2n) is 5.05. The lowest BCUT2D eigenvalue weighted by atomic mass is 10.2. The van der Waals surface area contributed by atoms with E-state index in [0.717, 1.165) is 0 Å². The summed E-state index contributed by atoms with van der Waals surface area (Å²) in [5, 5.41) is 0. The minimum Gasteiger partial charge on any atom is -0.302 e. The highest BCUT2D eigenvalue weighted by Crippen LogP contribution is 2.48. The first-order valence-electron chi connectivity index (χ1n) is 6.34. The molecule has 0 spiro atoms. The second-order valence-corrected chi connectivity index (χ2v) is 9.29. The van der Waals surface area contributed by atoms with E-state index in [2.05, 4.69) is 28.6 Å². The van der Waals surface area contributed by atoms with E-state index in [1.54, 1.807) is 0 Å². The summed E-state index contributed by atoms with van der Waals surface area (Å²) < 4.78 is 59.7. The highest BCUT2D eigenvalue weighted by molar-refractivity contribution is 7.48. The molecule has 16 heteroatoms. The van der Waals surface area contributed by atoms with Gasteiger partial charge in [-0.05, 0) is 20.8 Å². The normalized spacial score (nSPS) is 20.1. The molecule has 0 saturated heterocycles. The van der Waals surface area contributed by atoms with Crippen LogP contribution in [0.2, 0.25) is 0 Å². The third kappa shape index (κ3) is 13.6. The van der Waals surface area contributed by atoms with E-state index in [-0.39, 0.29) is 0 Å². The third-order valence-electron chi connectivity index (χ3n) is 1.71. The molecule has 24 heavy (non-hydrogen) atoms. The second kappa shape index (κ2) is 9.84. The van der Waals surface area contributed by atoms with Crippen LogP contribution in [0.5, 0.6) is 0 Å². The molecule has 0 aliphatic rings. The van der Waals surface area contributed by atoms with Crippen LogP contribution in [0.3, 0.4) is 0 Å². The van der Waals surface area contributed by atoms with Crippen LogP contribution in [0.4, 0.5) is 0 Å². The number of nitrogens with two attached hydrogens (primary N) is 1. The van der Waals surface area contributed by atoms with Gasteiger partial charge in [-0.25, -0.2) is 24.2 Å². The molecule has 3 unspecified atom stereocenters. The number of phosphoric acid groups is 3. The summed E-state index contributed by atoms with van der Waals surface area (Å²) in [6.45, 7) is 2.35. The van der Waals surface area contributed by atoms with E-state index in [4.69, 9.17) is 9.42 Å². The first-order chi connectivity index (χ1) is 10.7. The summed E-state index contributed by atoms with van der Waals surface area (Å²) in [6, 6.07) is 0. The van der Waals surface area contributed by atoms with Gasteiger partial charge in [0.15, 0.2) is 0 Å². The highest BCUT2D eigenvalue weighted by Gasteiger charge is 2.29. The number of rotatable bonds is 12. The van der Waals surface area contributed by atoms with E-state index in [1.807, 2.05) is 0 Å². The van der Waals surface area contributed by atoms with Crippen molar-refractivity contribution < 1.29 is 55.6 Å². The summed E-state index contributed by atoms with van der Waals surface area (Å²) in [7, 11) is -13.3. The van der Waals surface area contributed by atoms with Gasteiger partial charge in [0.2, 0.25) is 0 Å². The predicted molar refractivity (Wildman–Crippen MR) is 79.4 cm³/mol. The Morgan fingerprint density at radius 1 is 0.750 bits per heavy atom. The smallest absolute Gasteiger partial charge is 0.302 e. The molecule has 0 aromatic carbocycles. The minimum atomic E-state index is -4.52. The van der Waals surface area contributed by atoms with Gasteiger partial charge in [0.1, 0.15) is 0 Å². The molecule has 146 valence electrons. The van der Waals surface area contributed by atoms with Crippen LogP contribution in [0.25, 0.3) is 0 Å². The van der Waals surface area contributed by atoms with Crippen LogP contribution in [0, 0.1) is 0 Å². The van der Waals surface area contributed by atoms with E-state index >= 15 is 0 Å². The van der Waals surface area contributed by atoms with Crippen LogP contribution in [0.15, 0.2) is 0 Å². The van der Waals surface area contributed by atoms with Crippen molar-refractivity contribution in [3.63, 3.8) is 0 Å². The zero-order valence-corrected chi connectivity index (χ0v) is 15.9. The van der Waals surface area contributed by atoms with Crippen molar-refractivity contribution in [1.29, 1.82) is 0 Å². The number of phosphoric ester groups is 3. The van der Waals surface area contributed by atoms with Gasteiger partial charge >= 0.3 is 23.5 Å². The molecule has 0 bridgehead atoms. The van der Waals surface area contributed by atoms with Gasteiger partial charge in [0.25, 0.3) is 0 Å². The first-order valence-corrected chi connectivity index (χ1v) is 10.8. The average molecular weight is 417 g/mol. The van der Waals surface area contributed by atoms with Crippen LogP contribution in [-0.4, -0.2) is 46.7 Å². The fourth-order valence-corrected chi connectivity index (χ4v) is 3.15. The first kappa shape index (κ1) is 24.3. The SMILES string of the molecule is CC(C)(C)OP(=O)(O)OCCOP(=O)(O)OCCOP(=O)(O)ON. The van der Waals surface area contributed by atoms with Crippen LogP contribution in [0.1, 0.15) is 20.8 Å². The van der Waals surface area contributed by atoms with E-state index < -0.39 is 55.5 Å². The van der Waals surface area contributed by atoms with Gasteiger partial charge in [-0.3, -0.25) is 22.6 Å². The Morgan fingerprint density at radius 3 is 1.42 bits per heavy atom. The molecule has 0 heterocycles. The van der Waals surface area contributed by atoms with Crippen molar-refractivity contribution in [3.05, 3.63) is 0 Å². The maximum Gasteiger partial charge on any atom is 0.488 e. The molecule has 13 nitrogen and oxygen atoms in total. The lowest BCUT2D eigenvalue weighted by Gasteiger charge is -2.22. The van der Waals surface area contributed by atoms with Gasteiger partial charge < -0.3 is 14.7 Å². The molecule has 0 aliphatic carbocycles. The summed E-state index contributed by atoms with van der Waals surface area (Å²) >= 11 is 0. The molecule has 3 atom stereocenters. The molecule has 0 aromatic rings.